The van der Waals surface area contributed by atoms with Crippen LogP contribution in [0.1, 0.15) is 36.0 Å². The molecule has 30 heavy (non-hydrogen) atoms. The number of aromatic nitrogens is 1. The van der Waals surface area contributed by atoms with Crippen molar-refractivity contribution in [1.29, 1.82) is 5.26 Å². The van der Waals surface area contributed by atoms with Crippen LogP contribution in [0.25, 0.3) is 10.9 Å². The first kappa shape index (κ1) is 20.8. The maximum absolute atomic E-state index is 9.77. The summed E-state index contributed by atoms with van der Waals surface area (Å²) < 4.78 is 5.69. The van der Waals surface area contributed by atoms with Crippen LogP contribution in [-0.2, 0) is 4.74 Å². The van der Waals surface area contributed by atoms with E-state index in [-0.39, 0.29) is 6.10 Å². The molecular formula is C23H30N5OS+. The van der Waals surface area contributed by atoms with E-state index in [2.05, 4.69) is 52.2 Å². The Balaban J connectivity index is 1.48. The number of rotatable bonds is 3. The van der Waals surface area contributed by atoms with E-state index in [1.54, 1.807) is 0 Å². The van der Waals surface area contributed by atoms with E-state index in [9.17, 15) is 5.26 Å². The Morgan fingerprint density at radius 1 is 1.27 bits per heavy atom. The minimum Gasteiger partial charge on any atom is -0.376 e. The van der Waals surface area contributed by atoms with Crippen LogP contribution in [0.3, 0.4) is 0 Å². The fourth-order valence-electron chi connectivity index (χ4n) is 4.33. The Bertz CT molecular complexity index is 980. The van der Waals surface area contributed by atoms with Crippen LogP contribution in [0, 0.1) is 25.2 Å². The molecular weight excluding hydrogens is 394 g/mol. The van der Waals surface area contributed by atoms with Gasteiger partial charge in [0.2, 0.25) is 0 Å². The third-order valence-electron chi connectivity index (χ3n) is 6.29. The molecule has 3 heterocycles. The van der Waals surface area contributed by atoms with Crippen molar-refractivity contribution >= 4 is 34.1 Å². The zero-order valence-corrected chi connectivity index (χ0v) is 18.6. The van der Waals surface area contributed by atoms with Gasteiger partial charge in [0.1, 0.15) is 23.7 Å². The lowest BCUT2D eigenvalue weighted by Gasteiger charge is -2.24. The molecule has 2 aliphatic rings. The molecule has 2 saturated heterocycles. The topological polar surface area (TPSA) is 65.7 Å². The second-order valence-corrected chi connectivity index (χ2v) is 8.65. The molecule has 2 fully saturated rings. The summed E-state index contributed by atoms with van der Waals surface area (Å²) in [6.45, 7) is 9.37. The summed E-state index contributed by atoms with van der Waals surface area (Å²) in [5.41, 5.74) is 4.28. The number of fused-ring (bicyclic) bond motifs is 1. The van der Waals surface area contributed by atoms with Gasteiger partial charge >= 0.3 is 0 Å². The van der Waals surface area contributed by atoms with Crippen molar-refractivity contribution in [2.24, 2.45) is 0 Å². The van der Waals surface area contributed by atoms with E-state index >= 15 is 0 Å². The average molecular weight is 425 g/mol. The van der Waals surface area contributed by atoms with Crippen LogP contribution < -0.4 is 15.2 Å². The van der Waals surface area contributed by atoms with Gasteiger partial charge in [-0.25, -0.2) is 4.98 Å². The maximum atomic E-state index is 9.77. The second-order valence-electron chi connectivity index (χ2n) is 8.26. The van der Waals surface area contributed by atoms with Gasteiger partial charge in [0.15, 0.2) is 5.11 Å². The predicted octanol–water partition coefficient (Wildman–Crippen LogP) is 2.71. The highest BCUT2D eigenvalue weighted by Crippen LogP contribution is 2.24. The van der Waals surface area contributed by atoms with Gasteiger partial charge < -0.3 is 15.0 Å². The summed E-state index contributed by atoms with van der Waals surface area (Å²) in [7, 11) is 0. The van der Waals surface area contributed by atoms with Gasteiger partial charge in [-0.1, -0.05) is 12.1 Å². The lowest BCUT2D eigenvalue weighted by atomic mass is 10.0. The molecule has 1 atom stereocenters. The number of nitriles is 1. The molecule has 0 spiro atoms. The summed E-state index contributed by atoms with van der Waals surface area (Å²) in [6.07, 6.45) is 3.52. The third-order valence-corrected chi connectivity index (χ3v) is 6.69. The average Bonchev–Trinajstić information content (AvgIpc) is 3.16. The molecule has 0 bridgehead atoms. The molecule has 7 heteroatoms. The molecule has 0 saturated carbocycles. The first-order valence-electron chi connectivity index (χ1n) is 10.8. The Labute approximate surface area is 183 Å². The molecule has 0 unspecified atom stereocenters. The summed E-state index contributed by atoms with van der Waals surface area (Å²) in [5, 5.41) is 15.0. The van der Waals surface area contributed by atoms with Gasteiger partial charge in [-0.3, -0.25) is 4.90 Å². The van der Waals surface area contributed by atoms with Crippen molar-refractivity contribution in [2.45, 2.75) is 39.2 Å². The Morgan fingerprint density at radius 2 is 2.13 bits per heavy atom. The quantitative estimate of drug-likeness (QED) is 0.765. The van der Waals surface area contributed by atoms with Gasteiger partial charge in [0.05, 0.1) is 19.2 Å². The van der Waals surface area contributed by atoms with Crippen LogP contribution in [0.4, 0.5) is 5.82 Å². The van der Waals surface area contributed by atoms with E-state index in [1.165, 1.54) is 11.1 Å². The zero-order chi connectivity index (χ0) is 21.1. The number of H-pyrrole nitrogens is 1. The summed E-state index contributed by atoms with van der Waals surface area (Å²) in [4.78, 5) is 8.12. The lowest BCUT2D eigenvalue weighted by molar-refractivity contribution is -0.331. The monoisotopic (exact) mass is 424 g/mol. The largest absolute Gasteiger partial charge is 0.376 e. The van der Waals surface area contributed by atoms with Crippen molar-refractivity contribution in [3.05, 3.63) is 34.9 Å². The fourth-order valence-corrected chi connectivity index (χ4v) is 4.60. The normalized spacial score (nSPS) is 19.6. The van der Waals surface area contributed by atoms with Crippen molar-refractivity contribution in [1.82, 2.24) is 10.2 Å². The molecule has 6 nitrogen and oxygen atoms in total. The molecule has 4 rings (SSSR count). The molecule has 2 aromatic rings. The number of nitrogens with zero attached hydrogens (tertiary/aromatic N) is 3. The Hall–Kier alpha value is -2.43. The number of aryl methyl sites for hydroxylation is 2. The van der Waals surface area contributed by atoms with Crippen molar-refractivity contribution in [3.8, 4) is 6.07 Å². The molecule has 0 amide bonds. The van der Waals surface area contributed by atoms with Gasteiger partial charge in [0, 0.05) is 31.5 Å². The molecule has 0 aliphatic carbocycles. The van der Waals surface area contributed by atoms with E-state index in [0.29, 0.717) is 5.56 Å². The first-order chi connectivity index (χ1) is 14.6. The van der Waals surface area contributed by atoms with Crippen molar-refractivity contribution in [3.63, 3.8) is 0 Å². The Morgan fingerprint density at radius 3 is 2.90 bits per heavy atom. The van der Waals surface area contributed by atoms with Crippen LogP contribution in [0.15, 0.2) is 18.2 Å². The number of ether oxygens (including phenoxy) is 1. The van der Waals surface area contributed by atoms with Crippen molar-refractivity contribution < 1.29 is 9.72 Å². The van der Waals surface area contributed by atoms with Crippen LogP contribution in [0.2, 0.25) is 0 Å². The summed E-state index contributed by atoms with van der Waals surface area (Å²) >= 11 is 5.65. The minimum atomic E-state index is 0.281. The molecule has 2 N–H and O–H groups in total. The number of hydrogen-bond acceptors (Lipinski definition) is 4. The first-order valence-corrected chi connectivity index (χ1v) is 11.2. The minimum absolute atomic E-state index is 0.281. The third kappa shape index (κ3) is 4.35. The standard InChI is InChI=1S/C23H29N5OS/c1-16-6-7-18-13-19(14-24)22(26-21(18)17(16)2)27-8-4-9-28(11-10-27)23(30)25-15-20-5-3-12-29-20/h6-7,13,20H,3-5,8-12,15H2,1-2H3,(H,25,30)/p+1/t20-/m0/s1. The Kier molecular flexibility index (Phi) is 6.35. The molecule has 2 aliphatic heterocycles. The lowest BCUT2D eigenvalue weighted by Crippen LogP contribution is -2.44. The number of thiocarbonyl (C=S) groups is 1. The van der Waals surface area contributed by atoms with Gasteiger partial charge in [-0.15, -0.1) is 0 Å². The van der Waals surface area contributed by atoms with E-state index in [0.717, 1.165) is 80.4 Å². The highest BCUT2D eigenvalue weighted by atomic mass is 32.1. The highest BCUT2D eigenvalue weighted by molar-refractivity contribution is 7.80. The second kappa shape index (κ2) is 9.15. The number of pyridine rings is 1. The van der Waals surface area contributed by atoms with Gasteiger partial charge in [-0.2, -0.15) is 5.26 Å². The number of benzene rings is 1. The molecule has 1 aromatic carbocycles. The smallest absolute Gasteiger partial charge is 0.293 e. The highest BCUT2D eigenvalue weighted by Gasteiger charge is 2.27. The molecule has 0 radical (unpaired) electrons. The predicted molar refractivity (Wildman–Crippen MR) is 123 cm³/mol. The van der Waals surface area contributed by atoms with Gasteiger partial charge in [-0.05, 0) is 56.1 Å². The number of nitrogens with one attached hydrogen (secondary N) is 2. The SMILES string of the molecule is Cc1ccc2cc(C#N)c(N3CCCN(C(=S)NC[C@@H]4CCCO4)CC3)[nH+]c2c1C. The van der Waals surface area contributed by atoms with E-state index < -0.39 is 0 Å². The molecule has 158 valence electrons. The number of aromatic amines is 1. The summed E-state index contributed by atoms with van der Waals surface area (Å²) in [6, 6.07) is 8.59. The van der Waals surface area contributed by atoms with Crippen LogP contribution in [-0.4, -0.2) is 55.4 Å². The van der Waals surface area contributed by atoms with Crippen LogP contribution >= 0.6 is 12.2 Å². The number of hydrogen-bond donors (Lipinski definition) is 1. The van der Waals surface area contributed by atoms with Gasteiger partial charge in [0.25, 0.3) is 5.82 Å². The molecule has 1 aromatic heterocycles. The number of anilines is 1. The van der Waals surface area contributed by atoms with Crippen molar-refractivity contribution in [2.75, 3.05) is 44.2 Å². The van der Waals surface area contributed by atoms with E-state index in [1.807, 2.05) is 6.07 Å². The fraction of sp³-hybridized carbons (Fsp3) is 0.522. The zero-order valence-electron chi connectivity index (χ0n) is 17.8. The maximum Gasteiger partial charge on any atom is 0.293 e. The van der Waals surface area contributed by atoms with E-state index in [4.69, 9.17) is 17.0 Å². The summed E-state index contributed by atoms with van der Waals surface area (Å²) in [5.74, 6) is 0.916. The van der Waals surface area contributed by atoms with Crippen LogP contribution in [0.5, 0.6) is 0 Å².